The Morgan fingerprint density at radius 2 is 1.02 bits per heavy atom. The molecule has 0 amide bonds. The lowest BCUT2D eigenvalue weighted by molar-refractivity contribution is -0.378. The maximum atomic E-state index is 15.3. The van der Waals surface area contributed by atoms with E-state index in [-0.39, 0.29) is 39.4 Å². The second kappa shape index (κ2) is 25.2. The zero-order valence-electron chi connectivity index (χ0n) is 50.9. The quantitative estimate of drug-likeness (QED) is 0.0463. The van der Waals surface area contributed by atoms with Gasteiger partial charge in [0.15, 0.2) is 25.2 Å². The summed E-state index contributed by atoms with van der Waals surface area (Å²) in [5.74, 6) is -0.650. The maximum absolute atomic E-state index is 15.3. The molecule has 87 heavy (non-hydrogen) atoms. The van der Waals surface area contributed by atoms with Crippen molar-refractivity contribution in [3.05, 3.63) is 11.6 Å². The number of ether oxygens (including phenoxy) is 10. The van der Waals surface area contributed by atoms with Gasteiger partial charge in [0.25, 0.3) is 0 Å². The van der Waals surface area contributed by atoms with Crippen molar-refractivity contribution in [2.24, 2.45) is 50.2 Å². The van der Waals surface area contributed by atoms with Gasteiger partial charge in [-0.3, -0.25) is 4.79 Å². The predicted molar refractivity (Wildman–Crippen MR) is 294 cm³/mol. The molecule has 9 fully saturated rings. The highest BCUT2D eigenvalue weighted by Gasteiger charge is 2.70. The standard InChI is InChI=1S/C60H98O27/c1-24-34(64)38(68)43(73)50(79-24)85-47-29(22-63)82-49(46(76)42(47)72)78-23-30-37(67)40(70)45(75)52(83-30)87-54(77)60-17-15-55(2,3)19-26(60)25-9-10-32-57(6)13-12-33(56(4,5)31(57)11-14-59(32,8)58(25,7)16-18-60)84-53-48(41(71)36(66)28(21-62)81-53)86-51-44(74)39(69)35(65)27(20-61)80-51/h9,24,26-53,61-76H,10-23H2,1-8H3/t24-,26-,27+,28+,29+,30+,31-,32+,33-,34-,35+,36-,37+,38+,39-,40-,41-,42+,43+,44+,45+,46+,47+,48+,49+,50-,51-,52-,53-,57-,58+,59+,60-/m0/s1. The first-order chi connectivity index (χ1) is 40.7. The second-order valence-corrected chi connectivity index (χ2v) is 29.1. The number of aliphatic hydroxyl groups is 16. The number of aliphatic hydroxyl groups excluding tert-OH is 16. The maximum Gasteiger partial charge on any atom is 0.315 e. The molecule has 0 aromatic rings. The monoisotopic (exact) mass is 1250 g/mol. The fourth-order valence-corrected chi connectivity index (χ4v) is 17.8. The summed E-state index contributed by atoms with van der Waals surface area (Å²) >= 11 is 0. The summed E-state index contributed by atoms with van der Waals surface area (Å²) < 4.78 is 59.6. The summed E-state index contributed by atoms with van der Waals surface area (Å²) in [5.41, 5.74) is -1.49. The average Bonchev–Trinajstić information content (AvgIpc) is 0.690. The molecule has 5 aliphatic carbocycles. The van der Waals surface area contributed by atoms with Crippen molar-refractivity contribution in [3.8, 4) is 0 Å². The van der Waals surface area contributed by atoms with Crippen LogP contribution in [0, 0.1) is 50.2 Å². The van der Waals surface area contributed by atoms with Gasteiger partial charge in [-0.05, 0) is 116 Å². The van der Waals surface area contributed by atoms with Crippen LogP contribution in [0.15, 0.2) is 11.6 Å². The summed E-state index contributed by atoms with van der Waals surface area (Å²) in [6.07, 6.45) is -32.3. The SMILES string of the molecule is C[C@@H]1O[C@@H](O[C@H]2[C@H](O)[C@@H](O)[C@H](OC[C@H]3O[C@@H](OC(=O)[C@]45CCC(C)(C)C[C@H]4C4=CC[C@@H]6[C@@]7(C)CC[C@H](O[C@@H]8O[C@H](CO)[C@H](O)[C@H](O)[C@H]8O[C@@H]8O[C@H](CO)[C@@H](O)[C@H](O)[C@H]8O)C(C)(C)[C@@H]7CC[C@@]6(C)[C@]4(C)CC5)[C@H](O)[C@@H](O)[C@@H]3O)O[C@@H]2CO)[C@H](O)[C@H](O)[C@H]1O. The lowest BCUT2D eigenvalue weighted by Gasteiger charge is -2.71. The van der Waals surface area contributed by atoms with Crippen LogP contribution < -0.4 is 0 Å². The Morgan fingerprint density at radius 1 is 0.506 bits per heavy atom. The molecule has 10 aliphatic rings. The van der Waals surface area contributed by atoms with E-state index in [4.69, 9.17) is 47.4 Å². The van der Waals surface area contributed by atoms with Gasteiger partial charge in [-0.2, -0.15) is 0 Å². The van der Waals surface area contributed by atoms with E-state index in [0.717, 1.165) is 19.3 Å². The Balaban J connectivity index is 0.832. The van der Waals surface area contributed by atoms with E-state index in [1.807, 2.05) is 0 Å². The first-order valence-electron chi connectivity index (χ1n) is 31.2. The summed E-state index contributed by atoms with van der Waals surface area (Å²) in [7, 11) is 0. The van der Waals surface area contributed by atoms with E-state index in [0.29, 0.717) is 44.9 Å². The van der Waals surface area contributed by atoms with Crippen molar-refractivity contribution >= 4 is 5.97 Å². The van der Waals surface area contributed by atoms with Crippen molar-refractivity contribution in [3.63, 3.8) is 0 Å². The molecule has 33 atom stereocenters. The second-order valence-electron chi connectivity index (χ2n) is 29.1. The van der Waals surface area contributed by atoms with Crippen LogP contribution in [0.25, 0.3) is 0 Å². The molecule has 27 nitrogen and oxygen atoms in total. The molecule has 27 heteroatoms. The minimum Gasteiger partial charge on any atom is -0.432 e. The van der Waals surface area contributed by atoms with E-state index < -0.39 is 203 Å². The van der Waals surface area contributed by atoms with Crippen LogP contribution in [0.4, 0.5) is 0 Å². The molecule has 5 heterocycles. The smallest absolute Gasteiger partial charge is 0.315 e. The van der Waals surface area contributed by atoms with E-state index >= 15 is 4.79 Å². The minimum atomic E-state index is -1.90. The molecule has 0 aromatic heterocycles. The van der Waals surface area contributed by atoms with Crippen LogP contribution in [0.3, 0.4) is 0 Å². The number of hydrogen-bond donors (Lipinski definition) is 16. The predicted octanol–water partition coefficient (Wildman–Crippen LogP) is -3.18. The third-order valence-corrected chi connectivity index (χ3v) is 23.5. The largest absolute Gasteiger partial charge is 0.432 e. The first kappa shape index (κ1) is 68.1. The topological polar surface area (TPSA) is 433 Å². The third-order valence-electron chi connectivity index (χ3n) is 23.5. The Hall–Kier alpha value is -1.79. The molecule has 5 aliphatic heterocycles. The molecule has 4 saturated carbocycles. The molecule has 10 rings (SSSR count). The number of allylic oxidation sites excluding steroid dienone is 2. The zero-order valence-corrected chi connectivity index (χ0v) is 50.9. The summed E-state index contributed by atoms with van der Waals surface area (Å²) in [6.45, 7) is 14.3. The minimum absolute atomic E-state index is 0.0840. The van der Waals surface area contributed by atoms with Gasteiger partial charge in [-0.15, -0.1) is 0 Å². The molecule has 0 bridgehead atoms. The highest BCUT2D eigenvalue weighted by Crippen LogP contribution is 2.76. The van der Waals surface area contributed by atoms with Crippen molar-refractivity contribution in [1.29, 1.82) is 0 Å². The van der Waals surface area contributed by atoms with E-state index in [2.05, 4.69) is 54.5 Å². The number of carbonyl (C=O) groups excluding carboxylic acids is 1. The van der Waals surface area contributed by atoms with Gasteiger partial charge in [0.05, 0.1) is 44.1 Å². The highest BCUT2D eigenvalue weighted by atomic mass is 16.8. The van der Waals surface area contributed by atoms with E-state index in [1.165, 1.54) is 12.5 Å². The number of esters is 1. The van der Waals surface area contributed by atoms with Gasteiger partial charge in [-0.25, -0.2) is 0 Å². The fourth-order valence-electron chi connectivity index (χ4n) is 17.8. The Labute approximate surface area is 506 Å². The van der Waals surface area contributed by atoms with Crippen LogP contribution in [-0.2, 0) is 52.2 Å². The third kappa shape index (κ3) is 11.5. The lowest BCUT2D eigenvalue weighted by Crippen LogP contribution is -2.67. The number of hydrogen-bond acceptors (Lipinski definition) is 27. The van der Waals surface area contributed by atoms with E-state index in [9.17, 15) is 81.7 Å². The molecule has 0 unspecified atom stereocenters. The van der Waals surface area contributed by atoms with Gasteiger partial charge in [0, 0.05) is 0 Å². The Kier molecular flexibility index (Phi) is 19.7. The van der Waals surface area contributed by atoms with Crippen molar-refractivity contribution in [2.45, 2.75) is 279 Å². The normalized spacial score (nSPS) is 54.0. The van der Waals surface area contributed by atoms with Gasteiger partial charge in [0.1, 0.15) is 116 Å². The van der Waals surface area contributed by atoms with Crippen LogP contribution in [0.5, 0.6) is 0 Å². The molecule has 0 aromatic carbocycles. The summed E-state index contributed by atoms with van der Waals surface area (Å²) in [4.78, 5) is 15.3. The first-order valence-corrected chi connectivity index (χ1v) is 31.2. The van der Waals surface area contributed by atoms with Gasteiger partial charge >= 0.3 is 5.97 Å². The average molecular weight is 1250 g/mol. The molecule has 0 radical (unpaired) electrons. The van der Waals surface area contributed by atoms with Gasteiger partial charge in [0.2, 0.25) is 6.29 Å². The van der Waals surface area contributed by atoms with E-state index in [1.54, 1.807) is 0 Å². The van der Waals surface area contributed by atoms with Crippen molar-refractivity contribution in [2.75, 3.05) is 26.4 Å². The van der Waals surface area contributed by atoms with Crippen LogP contribution >= 0.6 is 0 Å². The highest BCUT2D eigenvalue weighted by molar-refractivity contribution is 5.79. The van der Waals surface area contributed by atoms with Crippen LogP contribution in [0.1, 0.15) is 120 Å². The fraction of sp³-hybridized carbons (Fsp3) is 0.950. The lowest BCUT2D eigenvalue weighted by atomic mass is 9.33. The number of rotatable bonds is 14. The molecule has 5 saturated heterocycles. The van der Waals surface area contributed by atoms with Crippen LogP contribution in [0.2, 0.25) is 0 Å². The molecule has 16 N–H and O–H groups in total. The molecule has 500 valence electrons. The summed E-state index contributed by atoms with van der Waals surface area (Å²) in [5, 5.41) is 172. The molecule has 0 spiro atoms. The molecular weight excluding hydrogens is 1150 g/mol. The Morgan fingerprint density at radius 3 is 1.67 bits per heavy atom. The van der Waals surface area contributed by atoms with Gasteiger partial charge < -0.3 is 129 Å². The van der Waals surface area contributed by atoms with Gasteiger partial charge in [-0.1, -0.05) is 60.1 Å². The zero-order chi connectivity index (χ0) is 63.6. The summed E-state index contributed by atoms with van der Waals surface area (Å²) in [6, 6.07) is 0. The van der Waals surface area contributed by atoms with Crippen molar-refractivity contribution < 1.29 is 134 Å². The van der Waals surface area contributed by atoms with Crippen molar-refractivity contribution in [1.82, 2.24) is 0 Å². The number of fused-ring (bicyclic) bond motifs is 7. The number of carbonyl (C=O) groups is 1. The molecular formula is C60H98O27. The Bertz CT molecular complexity index is 2420. The van der Waals surface area contributed by atoms with Crippen LogP contribution in [-0.4, -0.2) is 274 Å².